The van der Waals surface area contributed by atoms with E-state index in [2.05, 4.69) is 19.1 Å². The molecule has 0 N–H and O–H groups in total. The van der Waals surface area contributed by atoms with E-state index in [1.54, 1.807) is 7.11 Å². The molecule has 0 amide bonds. The molecule has 0 radical (unpaired) electrons. The van der Waals surface area contributed by atoms with Crippen molar-refractivity contribution >= 4 is 23.2 Å². The number of hydrogen-bond donors (Lipinski definition) is 0. The Labute approximate surface area is 125 Å². The monoisotopic (exact) mass is 296 g/mol. The molecule has 0 aromatic heterocycles. The molecular weight excluding hydrogens is 279 g/mol. The third-order valence-corrected chi connectivity index (χ3v) is 3.21. The van der Waals surface area contributed by atoms with Crippen molar-refractivity contribution < 1.29 is 4.74 Å². The Morgan fingerprint density at radius 1 is 0.789 bits per heavy atom. The number of benzene rings is 2. The summed E-state index contributed by atoms with van der Waals surface area (Å²) in [6, 6.07) is 15.9. The molecule has 19 heavy (non-hydrogen) atoms. The standard InChI is InChI=1S/C8H9ClO.C8H9Cl/c1-10-8-4-2-7(6-9)3-5-8;1-7-2-4-8(6-9)5-3-7/h2-5H,6H2,1H3;2-5H,6H2,1H3. The van der Waals surface area contributed by atoms with E-state index < -0.39 is 0 Å². The van der Waals surface area contributed by atoms with Crippen LogP contribution in [0.15, 0.2) is 48.5 Å². The Balaban J connectivity index is 0.000000191. The molecule has 0 bridgehead atoms. The van der Waals surface area contributed by atoms with Gasteiger partial charge in [0.1, 0.15) is 5.75 Å². The first-order valence-corrected chi connectivity index (χ1v) is 7.07. The first-order chi connectivity index (χ1) is 9.19. The Morgan fingerprint density at radius 3 is 1.58 bits per heavy atom. The highest BCUT2D eigenvalue weighted by atomic mass is 35.5. The summed E-state index contributed by atoms with van der Waals surface area (Å²) in [5, 5.41) is 0. The number of ether oxygens (including phenoxy) is 1. The quantitative estimate of drug-likeness (QED) is 0.710. The molecule has 1 nitrogen and oxygen atoms in total. The summed E-state index contributed by atoms with van der Waals surface area (Å²) in [6.45, 7) is 2.07. The van der Waals surface area contributed by atoms with Gasteiger partial charge in [-0.3, -0.25) is 0 Å². The zero-order valence-corrected chi connectivity index (χ0v) is 12.7. The number of rotatable bonds is 3. The fourth-order valence-corrected chi connectivity index (χ4v) is 1.75. The molecule has 2 aromatic rings. The van der Waals surface area contributed by atoms with Crippen LogP contribution in [0.1, 0.15) is 16.7 Å². The lowest BCUT2D eigenvalue weighted by Gasteiger charge is -1.98. The smallest absolute Gasteiger partial charge is 0.118 e. The fraction of sp³-hybridized carbons (Fsp3) is 0.250. The van der Waals surface area contributed by atoms with Gasteiger partial charge >= 0.3 is 0 Å². The highest BCUT2D eigenvalue weighted by Gasteiger charge is 1.90. The van der Waals surface area contributed by atoms with Gasteiger partial charge in [0.15, 0.2) is 0 Å². The maximum atomic E-state index is 5.58. The highest BCUT2D eigenvalue weighted by molar-refractivity contribution is 6.17. The Bertz CT molecular complexity index is 440. The summed E-state index contributed by atoms with van der Waals surface area (Å²) < 4.78 is 4.97. The lowest BCUT2D eigenvalue weighted by Crippen LogP contribution is -1.82. The number of methoxy groups -OCH3 is 1. The molecular formula is C16H18Cl2O. The summed E-state index contributed by atoms with van der Waals surface area (Å²) in [6.07, 6.45) is 0. The summed E-state index contributed by atoms with van der Waals surface area (Å²) in [5.41, 5.74) is 3.58. The van der Waals surface area contributed by atoms with Gasteiger partial charge in [-0.05, 0) is 30.2 Å². The van der Waals surface area contributed by atoms with Crippen LogP contribution < -0.4 is 4.74 Å². The molecule has 0 heterocycles. The van der Waals surface area contributed by atoms with Gasteiger partial charge in [-0.25, -0.2) is 0 Å². The molecule has 0 aliphatic rings. The van der Waals surface area contributed by atoms with Crippen molar-refractivity contribution in [1.82, 2.24) is 0 Å². The van der Waals surface area contributed by atoms with E-state index in [1.165, 1.54) is 11.1 Å². The second-order valence-corrected chi connectivity index (χ2v) is 4.64. The van der Waals surface area contributed by atoms with E-state index in [4.69, 9.17) is 27.9 Å². The van der Waals surface area contributed by atoms with E-state index in [1.807, 2.05) is 36.4 Å². The predicted molar refractivity (Wildman–Crippen MR) is 83.3 cm³/mol. The van der Waals surface area contributed by atoms with Crippen LogP contribution in [-0.4, -0.2) is 7.11 Å². The van der Waals surface area contributed by atoms with E-state index in [0.717, 1.165) is 11.3 Å². The number of hydrogen-bond acceptors (Lipinski definition) is 1. The third kappa shape index (κ3) is 6.00. The Morgan fingerprint density at radius 2 is 1.21 bits per heavy atom. The molecule has 2 rings (SSSR count). The summed E-state index contributed by atoms with van der Waals surface area (Å²) >= 11 is 11.2. The van der Waals surface area contributed by atoms with Crippen molar-refractivity contribution in [3.05, 3.63) is 65.2 Å². The highest BCUT2D eigenvalue weighted by Crippen LogP contribution is 2.12. The summed E-state index contributed by atoms with van der Waals surface area (Å²) in [4.78, 5) is 0. The molecule has 0 atom stereocenters. The maximum Gasteiger partial charge on any atom is 0.118 e. The molecule has 0 aliphatic carbocycles. The normalized spacial score (nSPS) is 9.47. The number of alkyl halides is 2. The topological polar surface area (TPSA) is 9.23 Å². The van der Waals surface area contributed by atoms with Crippen LogP contribution in [0.4, 0.5) is 0 Å². The largest absolute Gasteiger partial charge is 0.497 e. The fourth-order valence-electron chi connectivity index (χ4n) is 1.39. The Kier molecular flexibility index (Phi) is 7.39. The lowest BCUT2D eigenvalue weighted by atomic mass is 10.2. The Hall–Kier alpha value is -1.18. The second kappa shape index (κ2) is 8.84. The maximum absolute atomic E-state index is 5.58. The van der Waals surface area contributed by atoms with Crippen molar-refractivity contribution in [2.75, 3.05) is 7.11 Å². The minimum Gasteiger partial charge on any atom is -0.497 e. The molecule has 0 saturated heterocycles. The summed E-state index contributed by atoms with van der Waals surface area (Å²) in [7, 11) is 1.65. The van der Waals surface area contributed by atoms with Crippen LogP contribution in [-0.2, 0) is 11.8 Å². The molecule has 3 heteroatoms. The molecule has 0 aliphatic heterocycles. The van der Waals surface area contributed by atoms with Gasteiger partial charge in [0.2, 0.25) is 0 Å². The van der Waals surface area contributed by atoms with E-state index in [0.29, 0.717) is 11.8 Å². The average Bonchev–Trinajstić information content (AvgIpc) is 2.49. The minimum atomic E-state index is 0.560. The van der Waals surface area contributed by atoms with Crippen molar-refractivity contribution in [2.24, 2.45) is 0 Å². The molecule has 0 fully saturated rings. The zero-order chi connectivity index (χ0) is 14.1. The molecule has 0 unspecified atom stereocenters. The van der Waals surface area contributed by atoms with E-state index in [9.17, 15) is 0 Å². The van der Waals surface area contributed by atoms with Gasteiger partial charge in [-0.1, -0.05) is 42.0 Å². The van der Waals surface area contributed by atoms with Crippen molar-refractivity contribution in [3.63, 3.8) is 0 Å². The van der Waals surface area contributed by atoms with Crippen molar-refractivity contribution in [2.45, 2.75) is 18.7 Å². The molecule has 0 saturated carbocycles. The van der Waals surface area contributed by atoms with Crippen molar-refractivity contribution in [1.29, 1.82) is 0 Å². The molecule has 2 aromatic carbocycles. The second-order valence-electron chi connectivity index (χ2n) is 4.10. The lowest BCUT2D eigenvalue weighted by molar-refractivity contribution is 0.414. The number of aryl methyl sites for hydroxylation is 1. The van der Waals surface area contributed by atoms with Crippen molar-refractivity contribution in [3.8, 4) is 5.75 Å². The van der Waals surface area contributed by atoms with Gasteiger partial charge in [0, 0.05) is 11.8 Å². The van der Waals surface area contributed by atoms with Crippen LogP contribution in [0.2, 0.25) is 0 Å². The zero-order valence-electron chi connectivity index (χ0n) is 11.2. The van der Waals surface area contributed by atoms with Crippen LogP contribution in [0, 0.1) is 6.92 Å². The molecule has 102 valence electrons. The predicted octanol–water partition coefficient (Wildman–Crippen LogP) is 5.17. The average molecular weight is 297 g/mol. The van der Waals surface area contributed by atoms with Crippen LogP contribution in [0.3, 0.4) is 0 Å². The van der Waals surface area contributed by atoms with Gasteiger partial charge in [0.05, 0.1) is 7.11 Å². The molecule has 0 spiro atoms. The van der Waals surface area contributed by atoms with E-state index >= 15 is 0 Å². The minimum absolute atomic E-state index is 0.560. The van der Waals surface area contributed by atoms with Crippen LogP contribution >= 0.6 is 23.2 Å². The third-order valence-electron chi connectivity index (χ3n) is 2.59. The van der Waals surface area contributed by atoms with Gasteiger partial charge in [-0.15, -0.1) is 23.2 Å². The first-order valence-electron chi connectivity index (χ1n) is 6.00. The van der Waals surface area contributed by atoms with Gasteiger partial charge in [0.25, 0.3) is 0 Å². The number of halogens is 2. The van der Waals surface area contributed by atoms with Crippen LogP contribution in [0.25, 0.3) is 0 Å². The first kappa shape index (κ1) is 15.9. The van der Waals surface area contributed by atoms with Gasteiger partial charge < -0.3 is 4.74 Å². The van der Waals surface area contributed by atoms with Gasteiger partial charge in [-0.2, -0.15) is 0 Å². The SMILES string of the molecule is COc1ccc(CCl)cc1.Cc1ccc(CCl)cc1. The summed E-state index contributed by atoms with van der Waals surface area (Å²) in [5.74, 6) is 2.04. The van der Waals surface area contributed by atoms with Crippen LogP contribution in [0.5, 0.6) is 5.75 Å². The van der Waals surface area contributed by atoms with E-state index in [-0.39, 0.29) is 0 Å².